The number of aliphatic hydroxyl groups excluding tert-OH is 1. The molecule has 1 nitrogen and oxygen atoms in total. The summed E-state index contributed by atoms with van der Waals surface area (Å²) in [6.07, 6.45) is 4.33. The second kappa shape index (κ2) is 6.20. The third kappa shape index (κ3) is 3.10. The van der Waals surface area contributed by atoms with Crippen LogP contribution in [0.3, 0.4) is 0 Å². The van der Waals surface area contributed by atoms with Gasteiger partial charge in [-0.25, -0.2) is 0 Å². The molecule has 0 fully saturated rings. The van der Waals surface area contributed by atoms with E-state index in [0.29, 0.717) is 5.92 Å². The van der Waals surface area contributed by atoms with E-state index in [0.717, 1.165) is 31.2 Å². The number of rotatable bonds is 6. The van der Waals surface area contributed by atoms with Gasteiger partial charge in [-0.2, -0.15) is 11.3 Å². The fourth-order valence-corrected chi connectivity index (χ4v) is 2.61. The Bertz CT molecular complexity index is 224. The normalized spacial score (nSPS) is 13.4. The van der Waals surface area contributed by atoms with E-state index < -0.39 is 0 Å². The summed E-state index contributed by atoms with van der Waals surface area (Å²) in [6, 6.07) is 2.04. The molecule has 1 aromatic heterocycles. The van der Waals surface area contributed by atoms with Gasteiger partial charge in [0.2, 0.25) is 0 Å². The van der Waals surface area contributed by atoms with E-state index in [1.165, 1.54) is 0 Å². The minimum absolute atomic E-state index is 0.249. The third-order valence-electron chi connectivity index (χ3n) is 2.65. The molecule has 0 saturated heterocycles. The van der Waals surface area contributed by atoms with Crippen LogP contribution in [-0.2, 0) is 0 Å². The van der Waals surface area contributed by atoms with Gasteiger partial charge in [-0.3, -0.25) is 0 Å². The van der Waals surface area contributed by atoms with Crippen LogP contribution in [0.15, 0.2) is 16.8 Å². The number of hydrogen-bond acceptors (Lipinski definition) is 2. The Morgan fingerprint density at radius 2 is 1.93 bits per heavy atom. The minimum atomic E-state index is -0.249. The summed E-state index contributed by atoms with van der Waals surface area (Å²) in [5.74, 6) is 0.444. The van der Waals surface area contributed by atoms with Crippen molar-refractivity contribution in [2.45, 2.75) is 45.6 Å². The summed E-state index contributed by atoms with van der Waals surface area (Å²) in [5.41, 5.74) is 1.10. The van der Waals surface area contributed by atoms with Gasteiger partial charge < -0.3 is 5.11 Å². The zero-order valence-corrected chi connectivity index (χ0v) is 9.89. The quantitative estimate of drug-likeness (QED) is 0.755. The lowest BCUT2D eigenvalue weighted by Gasteiger charge is -2.21. The Labute approximate surface area is 90.8 Å². The lowest BCUT2D eigenvalue weighted by Crippen LogP contribution is -2.11. The van der Waals surface area contributed by atoms with Crippen LogP contribution in [-0.4, -0.2) is 5.11 Å². The Kier molecular flexibility index (Phi) is 5.20. The van der Waals surface area contributed by atoms with Crippen molar-refractivity contribution in [3.05, 3.63) is 22.4 Å². The third-order valence-corrected chi connectivity index (χ3v) is 3.35. The molecule has 14 heavy (non-hydrogen) atoms. The molecule has 0 aliphatic carbocycles. The molecule has 1 unspecified atom stereocenters. The van der Waals surface area contributed by atoms with Crippen LogP contribution >= 0.6 is 11.3 Å². The number of hydrogen-bond donors (Lipinski definition) is 1. The Balaban J connectivity index is 2.58. The molecule has 1 atom stereocenters. The van der Waals surface area contributed by atoms with Crippen LogP contribution in [0.4, 0.5) is 0 Å². The lowest BCUT2D eigenvalue weighted by atomic mass is 9.89. The summed E-state index contributed by atoms with van der Waals surface area (Å²) < 4.78 is 0. The molecule has 1 aromatic rings. The van der Waals surface area contributed by atoms with Crippen LogP contribution in [0.5, 0.6) is 0 Å². The van der Waals surface area contributed by atoms with Gasteiger partial charge in [-0.15, -0.1) is 0 Å². The second-order valence-corrected chi connectivity index (χ2v) is 4.62. The highest BCUT2D eigenvalue weighted by molar-refractivity contribution is 7.07. The van der Waals surface area contributed by atoms with Crippen molar-refractivity contribution in [1.29, 1.82) is 0 Å². The average molecular weight is 212 g/mol. The van der Waals surface area contributed by atoms with E-state index in [4.69, 9.17) is 0 Å². The first-order valence-corrected chi connectivity index (χ1v) is 6.44. The standard InChI is InChI=1S/C12H20OS/c1-3-5-10(6-4-2)12(13)11-7-8-14-9-11/h7-10,12-13H,3-6H2,1-2H3. The molecular weight excluding hydrogens is 192 g/mol. The second-order valence-electron chi connectivity index (χ2n) is 3.84. The molecule has 1 rings (SSSR count). The summed E-state index contributed by atoms with van der Waals surface area (Å²) >= 11 is 1.66. The molecule has 0 radical (unpaired) electrons. The Hall–Kier alpha value is -0.340. The van der Waals surface area contributed by atoms with Crippen LogP contribution < -0.4 is 0 Å². The summed E-state index contributed by atoms with van der Waals surface area (Å²) in [5, 5.41) is 14.2. The van der Waals surface area contributed by atoms with Crippen molar-refractivity contribution in [2.24, 2.45) is 5.92 Å². The molecule has 2 heteroatoms. The minimum Gasteiger partial charge on any atom is -0.388 e. The van der Waals surface area contributed by atoms with E-state index in [1.54, 1.807) is 11.3 Å². The van der Waals surface area contributed by atoms with Gasteiger partial charge in [-0.05, 0) is 41.1 Å². The van der Waals surface area contributed by atoms with E-state index in [2.05, 4.69) is 19.2 Å². The van der Waals surface area contributed by atoms with Gasteiger partial charge in [0.1, 0.15) is 0 Å². The smallest absolute Gasteiger partial charge is 0.0826 e. The Morgan fingerprint density at radius 1 is 1.29 bits per heavy atom. The largest absolute Gasteiger partial charge is 0.388 e. The van der Waals surface area contributed by atoms with Crippen LogP contribution in [0.1, 0.15) is 51.2 Å². The highest BCUT2D eigenvalue weighted by atomic mass is 32.1. The summed E-state index contributed by atoms with van der Waals surface area (Å²) in [4.78, 5) is 0. The average Bonchev–Trinajstić information content (AvgIpc) is 2.69. The number of aliphatic hydroxyl groups is 1. The lowest BCUT2D eigenvalue weighted by molar-refractivity contribution is 0.0968. The molecule has 0 bridgehead atoms. The highest BCUT2D eigenvalue weighted by Crippen LogP contribution is 2.30. The fourth-order valence-electron chi connectivity index (χ4n) is 1.92. The predicted molar refractivity (Wildman–Crippen MR) is 62.6 cm³/mol. The molecule has 1 heterocycles. The summed E-state index contributed by atoms with van der Waals surface area (Å²) in [6.45, 7) is 4.37. The molecule has 0 aromatic carbocycles. The molecule has 0 aliphatic rings. The van der Waals surface area contributed by atoms with Gasteiger partial charge in [0.05, 0.1) is 6.10 Å². The molecule has 0 amide bonds. The maximum Gasteiger partial charge on any atom is 0.0826 e. The zero-order valence-electron chi connectivity index (χ0n) is 9.07. The van der Waals surface area contributed by atoms with Crippen molar-refractivity contribution >= 4 is 11.3 Å². The SMILES string of the molecule is CCCC(CCC)C(O)c1ccsc1. The molecule has 1 N–H and O–H groups in total. The van der Waals surface area contributed by atoms with Gasteiger partial charge in [0, 0.05) is 0 Å². The maximum absolute atomic E-state index is 10.1. The van der Waals surface area contributed by atoms with Gasteiger partial charge >= 0.3 is 0 Å². The first kappa shape index (κ1) is 11.7. The van der Waals surface area contributed by atoms with Crippen LogP contribution in [0, 0.1) is 5.92 Å². The molecular formula is C12H20OS. The van der Waals surface area contributed by atoms with Gasteiger partial charge in [-0.1, -0.05) is 26.7 Å². The van der Waals surface area contributed by atoms with Gasteiger partial charge in [0.25, 0.3) is 0 Å². The van der Waals surface area contributed by atoms with Crippen molar-refractivity contribution < 1.29 is 5.11 Å². The van der Waals surface area contributed by atoms with Gasteiger partial charge in [0.15, 0.2) is 0 Å². The molecule has 0 aliphatic heterocycles. The number of thiophene rings is 1. The van der Waals surface area contributed by atoms with Crippen molar-refractivity contribution in [1.82, 2.24) is 0 Å². The Morgan fingerprint density at radius 3 is 2.36 bits per heavy atom. The molecule has 0 saturated carbocycles. The first-order chi connectivity index (χ1) is 6.79. The zero-order chi connectivity index (χ0) is 10.4. The maximum atomic E-state index is 10.1. The van der Waals surface area contributed by atoms with Crippen molar-refractivity contribution in [2.75, 3.05) is 0 Å². The monoisotopic (exact) mass is 212 g/mol. The van der Waals surface area contributed by atoms with Crippen LogP contribution in [0.25, 0.3) is 0 Å². The topological polar surface area (TPSA) is 20.2 Å². The first-order valence-electron chi connectivity index (χ1n) is 5.49. The van der Waals surface area contributed by atoms with Crippen molar-refractivity contribution in [3.63, 3.8) is 0 Å². The van der Waals surface area contributed by atoms with Crippen molar-refractivity contribution in [3.8, 4) is 0 Å². The predicted octanol–water partition coefficient (Wildman–Crippen LogP) is 4.00. The highest BCUT2D eigenvalue weighted by Gasteiger charge is 2.19. The fraction of sp³-hybridized carbons (Fsp3) is 0.667. The molecule has 80 valence electrons. The summed E-state index contributed by atoms with van der Waals surface area (Å²) in [7, 11) is 0. The molecule has 0 spiro atoms. The van der Waals surface area contributed by atoms with Crippen LogP contribution in [0.2, 0.25) is 0 Å². The van der Waals surface area contributed by atoms with E-state index in [9.17, 15) is 5.11 Å². The van der Waals surface area contributed by atoms with E-state index >= 15 is 0 Å². The van der Waals surface area contributed by atoms with E-state index in [-0.39, 0.29) is 6.10 Å². The van der Waals surface area contributed by atoms with E-state index in [1.807, 2.05) is 11.4 Å².